The summed E-state index contributed by atoms with van der Waals surface area (Å²) >= 11 is 0. The van der Waals surface area contributed by atoms with Gasteiger partial charge in [-0.1, -0.05) is 0 Å². The molecule has 0 spiro atoms. The normalized spacial score (nSPS) is 40.8. The lowest BCUT2D eigenvalue weighted by Gasteiger charge is -2.37. The zero-order valence-corrected chi connectivity index (χ0v) is 5.98. The zero-order chi connectivity index (χ0) is 6.81. The van der Waals surface area contributed by atoms with Gasteiger partial charge in [0, 0.05) is 38.5 Å². The first-order valence-electron chi connectivity index (χ1n) is 3.85. The summed E-state index contributed by atoms with van der Waals surface area (Å²) in [5, 5.41) is 13.3. The first kappa shape index (κ1) is 6.54. The van der Waals surface area contributed by atoms with Gasteiger partial charge >= 0.3 is 0 Å². The molecule has 0 bridgehead atoms. The molecular weight excluding hydrogens is 128 g/mol. The Kier molecular flexibility index (Phi) is 1.86. The predicted octanol–water partition coefficient (Wildman–Crippen LogP) is -1.98. The lowest BCUT2D eigenvalue weighted by atomic mass is 10.1. The fraction of sp³-hybridized carbons (Fsp3) is 1.00. The Morgan fingerprint density at radius 2 is 1.30 bits per heavy atom. The lowest BCUT2D eigenvalue weighted by Crippen LogP contribution is -2.67. The summed E-state index contributed by atoms with van der Waals surface area (Å²) in [7, 11) is 0. The van der Waals surface area contributed by atoms with Crippen molar-refractivity contribution in [3.8, 4) is 0 Å². The summed E-state index contributed by atoms with van der Waals surface area (Å²) < 4.78 is 0. The van der Waals surface area contributed by atoms with Gasteiger partial charge in [0.15, 0.2) is 0 Å². The molecule has 4 N–H and O–H groups in total. The van der Waals surface area contributed by atoms with Crippen LogP contribution in [0.1, 0.15) is 0 Å². The molecule has 10 heavy (non-hydrogen) atoms. The number of fused-ring (bicyclic) bond motifs is 1. The van der Waals surface area contributed by atoms with E-state index in [1.54, 1.807) is 0 Å². The maximum Gasteiger partial charge on any atom is 0.0457 e. The maximum absolute atomic E-state index is 3.38. The van der Waals surface area contributed by atoms with Gasteiger partial charge in [0.25, 0.3) is 0 Å². The third-order valence-corrected chi connectivity index (χ3v) is 2.19. The second kappa shape index (κ2) is 2.84. The molecule has 58 valence electrons. The van der Waals surface area contributed by atoms with Gasteiger partial charge in [-0.05, 0) is 0 Å². The number of hydrogen-bond acceptors (Lipinski definition) is 4. The Bertz CT molecular complexity index is 90.3. The maximum atomic E-state index is 3.38. The largest absolute Gasteiger partial charge is 0.303 e. The quantitative estimate of drug-likeness (QED) is 0.317. The third kappa shape index (κ3) is 1.15. The molecule has 2 heterocycles. The highest BCUT2D eigenvalue weighted by Gasteiger charge is 2.25. The van der Waals surface area contributed by atoms with E-state index in [1.165, 1.54) is 0 Å². The summed E-state index contributed by atoms with van der Waals surface area (Å²) in [4.78, 5) is 0. The molecule has 2 unspecified atom stereocenters. The summed E-state index contributed by atoms with van der Waals surface area (Å²) in [5.74, 6) is 0. The fourth-order valence-electron chi connectivity index (χ4n) is 1.58. The minimum Gasteiger partial charge on any atom is -0.303 e. The molecule has 4 heteroatoms. The van der Waals surface area contributed by atoms with Gasteiger partial charge in [0.1, 0.15) is 0 Å². The van der Waals surface area contributed by atoms with Gasteiger partial charge in [-0.3, -0.25) is 10.6 Å². The van der Waals surface area contributed by atoms with E-state index < -0.39 is 0 Å². The standard InChI is InChI=1S/C6H14N4/c1-5-6(10-3-7-1)2-8-4-9-5/h5-10H,1-4H2. The predicted molar refractivity (Wildman–Crippen MR) is 39.6 cm³/mol. The average Bonchev–Trinajstić information content (AvgIpc) is 2.05. The summed E-state index contributed by atoms with van der Waals surface area (Å²) in [5.41, 5.74) is 0. The minimum absolute atomic E-state index is 0.620. The van der Waals surface area contributed by atoms with Crippen LogP contribution in [0.3, 0.4) is 0 Å². The van der Waals surface area contributed by atoms with Crippen LogP contribution in [0.4, 0.5) is 0 Å². The average molecular weight is 142 g/mol. The van der Waals surface area contributed by atoms with Gasteiger partial charge in [-0.15, -0.1) is 0 Å². The van der Waals surface area contributed by atoms with E-state index >= 15 is 0 Å². The molecule has 0 amide bonds. The monoisotopic (exact) mass is 142 g/mol. The Hall–Kier alpha value is -0.160. The van der Waals surface area contributed by atoms with Crippen molar-refractivity contribution in [3.63, 3.8) is 0 Å². The van der Waals surface area contributed by atoms with Crippen LogP contribution in [0.2, 0.25) is 0 Å². The molecule has 2 rings (SSSR count). The molecule has 2 saturated heterocycles. The second-order valence-electron chi connectivity index (χ2n) is 2.88. The van der Waals surface area contributed by atoms with Gasteiger partial charge in [0.05, 0.1) is 0 Å². The Morgan fingerprint density at radius 1 is 0.800 bits per heavy atom. The van der Waals surface area contributed by atoms with Crippen molar-refractivity contribution in [1.29, 1.82) is 0 Å². The van der Waals surface area contributed by atoms with Crippen molar-refractivity contribution in [2.24, 2.45) is 0 Å². The Labute approximate surface area is 60.8 Å². The Morgan fingerprint density at radius 3 is 1.80 bits per heavy atom. The minimum atomic E-state index is 0.620. The van der Waals surface area contributed by atoms with Crippen LogP contribution < -0.4 is 21.3 Å². The van der Waals surface area contributed by atoms with Crippen molar-refractivity contribution >= 4 is 0 Å². The van der Waals surface area contributed by atoms with Crippen LogP contribution in [-0.2, 0) is 0 Å². The van der Waals surface area contributed by atoms with Crippen molar-refractivity contribution in [1.82, 2.24) is 21.3 Å². The second-order valence-corrected chi connectivity index (χ2v) is 2.88. The fourth-order valence-corrected chi connectivity index (χ4v) is 1.58. The molecular formula is C6H14N4. The SMILES string of the molecule is C1NCC2NCNCC2N1. The molecule has 2 aliphatic rings. The molecule has 0 saturated carbocycles. The Balaban J connectivity index is 1.93. The third-order valence-electron chi connectivity index (χ3n) is 2.19. The summed E-state index contributed by atoms with van der Waals surface area (Å²) in [6, 6.07) is 1.24. The van der Waals surface area contributed by atoms with Crippen LogP contribution in [0, 0.1) is 0 Å². The van der Waals surface area contributed by atoms with Crippen LogP contribution in [0.15, 0.2) is 0 Å². The molecule has 0 aromatic carbocycles. The van der Waals surface area contributed by atoms with E-state index in [9.17, 15) is 0 Å². The van der Waals surface area contributed by atoms with E-state index in [2.05, 4.69) is 21.3 Å². The molecule has 0 aromatic rings. The van der Waals surface area contributed by atoms with Gasteiger partial charge < -0.3 is 10.6 Å². The molecule has 4 nitrogen and oxygen atoms in total. The van der Waals surface area contributed by atoms with Crippen molar-refractivity contribution in [2.75, 3.05) is 26.4 Å². The summed E-state index contributed by atoms with van der Waals surface area (Å²) in [6.07, 6.45) is 0. The molecule has 0 aromatic heterocycles. The van der Waals surface area contributed by atoms with E-state index in [1.807, 2.05) is 0 Å². The smallest absolute Gasteiger partial charge is 0.0457 e. The molecule has 0 radical (unpaired) electrons. The number of nitrogens with one attached hydrogen (secondary N) is 4. The van der Waals surface area contributed by atoms with Gasteiger partial charge in [0.2, 0.25) is 0 Å². The van der Waals surface area contributed by atoms with E-state index in [0.717, 1.165) is 26.4 Å². The van der Waals surface area contributed by atoms with Gasteiger partial charge in [-0.2, -0.15) is 0 Å². The van der Waals surface area contributed by atoms with Crippen molar-refractivity contribution in [2.45, 2.75) is 12.1 Å². The molecule has 2 aliphatic heterocycles. The molecule has 2 fully saturated rings. The van der Waals surface area contributed by atoms with E-state index in [4.69, 9.17) is 0 Å². The van der Waals surface area contributed by atoms with Crippen LogP contribution >= 0.6 is 0 Å². The first-order valence-corrected chi connectivity index (χ1v) is 3.85. The lowest BCUT2D eigenvalue weighted by molar-refractivity contribution is 0.250. The van der Waals surface area contributed by atoms with Crippen molar-refractivity contribution < 1.29 is 0 Å². The summed E-state index contributed by atoms with van der Waals surface area (Å²) in [6.45, 7) is 4.09. The zero-order valence-electron chi connectivity index (χ0n) is 5.98. The van der Waals surface area contributed by atoms with Crippen molar-refractivity contribution in [3.05, 3.63) is 0 Å². The van der Waals surface area contributed by atoms with E-state index in [-0.39, 0.29) is 0 Å². The van der Waals surface area contributed by atoms with Crippen LogP contribution in [-0.4, -0.2) is 38.5 Å². The molecule has 2 atom stereocenters. The topological polar surface area (TPSA) is 48.1 Å². The number of hydrogen-bond donors (Lipinski definition) is 4. The van der Waals surface area contributed by atoms with Crippen LogP contribution in [0.5, 0.6) is 0 Å². The van der Waals surface area contributed by atoms with E-state index in [0.29, 0.717) is 12.1 Å². The van der Waals surface area contributed by atoms with Gasteiger partial charge in [-0.25, -0.2) is 0 Å². The first-order chi connectivity index (χ1) is 4.97. The highest BCUT2D eigenvalue weighted by molar-refractivity contribution is 4.91. The number of rotatable bonds is 0. The van der Waals surface area contributed by atoms with Crippen LogP contribution in [0.25, 0.3) is 0 Å². The molecule has 0 aliphatic carbocycles. The highest BCUT2D eigenvalue weighted by atomic mass is 15.2. The highest BCUT2D eigenvalue weighted by Crippen LogP contribution is 1.98.